The average Bonchev–Trinajstić information content (AvgIpc) is 2.20. The summed E-state index contributed by atoms with van der Waals surface area (Å²) in [4.78, 5) is 11.6. The van der Waals surface area contributed by atoms with E-state index in [2.05, 4.69) is 10.9 Å². The van der Waals surface area contributed by atoms with Gasteiger partial charge in [-0.05, 0) is 18.9 Å². The number of ether oxygens (including phenoxy) is 1. The Hall–Kier alpha value is -1.36. The molecule has 2 rings (SSSR count). The number of nitrogens with one attached hydrogen (secondary N) is 2. The molecule has 5 heteroatoms. The molecule has 1 aliphatic heterocycles. The lowest BCUT2D eigenvalue weighted by atomic mass is 10.0. The number of amides is 1. The molecule has 1 fully saturated rings. The minimum Gasteiger partial charge on any atom is -0.468 e. The molecule has 1 heterocycles. The van der Waals surface area contributed by atoms with Gasteiger partial charge >= 0.3 is 0 Å². The number of hydrogen-bond acceptors (Lipinski definition) is 4. The molecule has 0 unspecified atom stereocenters. The molecule has 0 saturated carbocycles. The summed E-state index contributed by atoms with van der Waals surface area (Å²) in [5.41, 5.74) is 6.16. The Morgan fingerprint density at radius 1 is 1.43 bits per heavy atom. The monoisotopic (exact) mass is 210 g/mol. The van der Waals surface area contributed by atoms with Gasteiger partial charge in [-0.2, -0.15) is 0 Å². The second-order valence-corrected chi connectivity index (χ2v) is 3.51. The van der Waals surface area contributed by atoms with Crippen molar-refractivity contribution in [3.63, 3.8) is 0 Å². The summed E-state index contributed by atoms with van der Waals surface area (Å²) < 4.78 is 5.24. The van der Waals surface area contributed by atoms with Crippen molar-refractivity contribution in [1.29, 1.82) is 0 Å². The van der Waals surface area contributed by atoms with Crippen LogP contribution in [0.5, 0.6) is 0 Å². The van der Waals surface area contributed by atoms with Crippen molar-refractivity contribution in [1.82, 2.24) is 10.9 Å². The summed E-state index contributed by atoms with van der Waals surface area (Å²) in [5.74, 6) is 0.408. The highest BCUT2D eigenvalue weighted by Crippen LogP contribution is 2.19. The van der Waals surface area contributed by atoms with E-state index in [4.69, 9.17) is 17.0 Å². The normalized spacial score (nSPS) is 26.6. The van der Waals surface area contributed by atoms with E-state index in [9.17, 15) is 4.79 Å². The number of carbonyl (C=O) groups is 1. The molecule has 0 radical (unpaired) electrons. The molecule has 0 aromatic carbocycles. The molecule has 0 aromatic heterocycles. The van der Waals surface area contributed by atoms with E-state index < -0.39 is 0 Å². The van der Waals surface area contributed by atoms with Crippen LogP contribution in [0.3, 0.4) is 0 Å². The zero-order valence-corrected chi connectivity index (χ0v) is 8.32. The Labute approximate surface area is 87.0 Å². The maximum Gasteiger partial charge on any atom is 0.276 e. The van der Waals surface area contributed by atoms with E-state index in [-0.39, 0.29) is 12.5 Å². The first-order valence-corrected chi connectivity index (χ1v) is 4.80. The SMILES string of the molecule is O=C1COC(=C2CCC=CC2=S)NN1. The number of allylic oxidation sites excluding steroid dienone is 3. The summed E-state index contributed by atoms with van der Waals surface area (Å²) in [6.45, 7) is 0.0537. The Balaban J connectivity index is 2.18. The predicted octanol–water partition coefficient (Wildman–Crippen LogP) is 0.569. The number of thiocarbonyl (C=S) groups is 1. The van der Waals surface area contributed by atoms with Gasteiger partial charge in [0.25, 0.3) is 5.91 Å². The second-order valence-electron chi connectivity index (χ2n) is 3.07. The molecule has 0 spiro atoms. The number of hydrogen-bond donors (Lipinski definition) is 2. The lowest BCUT2D eigenvalue weighted by Crippen LogP contribution is -2.46. The zero-order valence-electron chi connectivity index (χ0n) is 7.50. The molecular formula is C9H10N2O2S. The molecule has 4 nitrogen and oxygen atoms in total. The molecule has 1 saturated heterocycles. The van der Waals surface area contributed by atoms with E-state index >= 15 is 0 Å². The van der Waals surface area contributed by atoms with Gasteiger partial charge in [0.1, 0.15) is 0 Å². The minimum atomic E-state index is -0.174. The van der Waals surface area contributed by atoms with Gasteiger partial charge in [-0.3, -0.25) is 15.6 Å². The van der Waals surface area contributed by atoms with Crippen LogP contribution in [0.2, 0.25) is 0 Å². The minimum absolute atomic E-state index is 0.0537. The van der Waals surface area contributed by atoms with Crippen molar-refractivity contribution in [3.05, 3.63) is 23.6 Å². The molecule has 2 aliphatic rings. The van der Waals surface area contributed by atoms with Crippen LogP contribution in [0.4, 0.5) is 0 Å². The summed E-state index contributed by atoms with van der Waals surface area (Å²) >= 11 is 5.16. The quantitative estimate of drug-likeness (QED) is 0.453. The summed E-state index contributed by atoms with van der Waals surface area (Å²) in [7, 11) is 0. The number of rotatable bonds is 0. The molecule has 0 aromatic rings. The lowest BCUT2D eigenvalue weighted by molar-refractivity contribution is -0.128. The van der Waals surface area contributed by atoms with Crippen molar-refractivity contribution in [3.8, 4) is 0 Å². The van der Waals surface area contributed by atoms with Gasteiger partial charge in [-0.1, -0.05) is 18.3 Å². The van der Waals surface area contributed by atoms with Crippen molar-refractivity contribution in [2.45, 2.75) is 12.8 Å². The summed E-state index contributed by atoms with van der Waals surface area (Å²) in [5, 5.41) is 0. The Morgan fingerprint density at radius 2 is 2.29 bits per heavy atom. The Bertz CT molecular complexity index is 335. The van der Waals surface area contributed by atoms with Crippen LogP contribution in [0.25, 0.3) is 0 Å². The first kappa shape index (κ1) is 9.21. The maximum absolute atomic E-state index is 10.8. The topological polar surface area (TPSA) is 50.4 Å². The molecule has 0 bridgehead atoms. The van der Waals surface area contributed by atoms with Crippen LogP contribution < -0.4 is 10.9 Å². The first-order chi connectivity index (χ1) is 6.77. The summed E-state index contributed by atoms with van der Waals surface area (Å²) in [6.07, 6.45) is 5.74. The molecule has 0 atom stereocenters. The van der Waals surface area contributed by atoms with Gasteiger partial charge in [0.2, 0.25) is 5.88 Å². The fraction of sp³-hybridized carbons (Fsp3) is 0.333. The lowest BCUT2D eigenvalue weighted by Gasteiger charge is -2.22. The van der Waals surface area contributed by atoms with Crippen molar-refractivity contribution in [2.24, 2.45) is 0 Å². The third-order valence-electron chi connectivity index (χ3n) is 2.06. The van der Waals surface area contributed by atoms with Gasteiger partial charge in [-0.25, -0.2) is 0 Å². The number of hydrazine groups is 1. The maximum atomic E-state index is 10.8. The van der Waals surface area contributed by atoms with Crippen LogP contribution in [0.1, 0.15) is 12.8 Å². The Kier molecular flexibility index (Phi) is 2.49. The van der Waals surface area contributed by atoms with Crippen molar-refractivity contribution >= 4 is 23.0 Å². The fourth-order valence-electron chi connectivity index (χ4n) is 1.37. The van der Waals surface area contributed by atoms with Crippen LogP contribution in [-0.4, -0.2) is 17.4 Å². The van der Waals surface area contributed by atoms with Gasteiger partial charge in [0.05, 0.1) is 0 Å². The van der Waals surface area contributed by atoms with Gasteiger partial charge < -0.3 is 4.74 Å². The average molecular weight is 210 g/mol. The Morgan fingerprint density at radius 3 is 2.93 bits per heavy atom. The molecule has 1 amide bonds. The van der Waals surface area contributed by atoms with Crippen molar-refractivity contribution < 1.29 is 9.53 Å². The molecular weight excluding hydrogens is 200 g/mol. The highest BCUT2D eigenvalue weighted by atomic mass is 32.1. The highest BCUT2D eigenvalue weighted by molar-refractivity contribution is 7.81. The fourth-order valence-corrected chi connectivity index (χ4v) is 1.66. The van der Waals surface area contributed by atoms with Crippen molar-refractivity contribution in [2.75, 3.05) is 6.61 Å². The van der Waals surface area contributed by atoms with E-state index in [0.717, 1.165) is 23.3 Å². The summed E-state index contributed by atoms with van der Waals surface area (Å²) in [6, 6.07) is 0. The zero-order chi connectivity index (χ0) is 9.97. The van der Waals surface area contributed by atoms with Gasteiger partial charge in [0.15, 0.2) is 6.61 Å². The van der Waals surface area contributed by atoms with E-state index in [1.54, 1.807) is 0 Å². The molecule has 1 aliphatic carbocycles. The van der Waals surface area contributed by atoms with Crippen LogP contribution >= 0.6 is 12.2 Å². The van der Waals surface area contributed by atoms with Crippen LogP contribution in [0, 0.1) is 0 Å². The first-order valence-electron chi connectivity index (χ1n) is 4.39. The highest BCUT2D eigenvalue weighted by Gasteiger charge is 2.19. The predicted molar refractivity (Wildman–Crippen MR) is 55.2 cm³/mol. The number of carbonyl (C=O) groups excluding carboxylic acids is 1. The van der Waals surface area contributed by atoms with E-state index in [0.29, 0.717) is 5.88 Å². The second kappa shape index (κ2) is 3.79. The van der Waals surface area contributed by atoms with E-state index in [1.165, 1.54) is 0 Å². The third-order valence-corrected chi connectivity index (χ3v) is 2.45. The van der Waals surface area contributed by atoms with Gasteiger partial charge in [0, 0.05) is 10.4 Å². The molecule has 74 valence electrons. The van der Waals surface area contributed by atoms with E-state index in [1.807, 2.05) is 12.2 Å². The van der Waals surface area contributed by atoms with Crippen LogP contribution in [-0.2, 0) is 9.53 Å². The largest absolute Gasteiger partial charge is 0.468 e. The molecule has 2 N–H and O–H groups in total. The van der Waals surface area contributed by atoms with Gasteiger partial charge in [-0.15, -0.1) is 0 Å². The standard InChI is InChI=1S/C9H10N2O2S/c12-8-5-13-9(11-10-8)6-3-1-2-4-7(6)14/h2,4,11H,1,3,5H2,(H,10,12). The van der Waals surface area contributed by atoms with Crippen LogP contribution in [0.15, 0.2) is 23.6 Å². The third kappa shape index (κ3) is 1.77. The molecule has 14 heavy (non-hydrogen) atoms. The smallest absolute Gasteiger partial charge is 0.276 e.